The van der Waals surface area contributed by atoms with Crippen LogP contribution in [0.5, 0.6) is 0 Å². The van der Waals surface area contributed by atoms with Crippen molar-refractivity contribution in [2.75, 3.05) is 0 Å². The van der Waals surface area contributed by atoms with Gasteiger partial charge >= 0.3 is 0 Å². The summed E-state index contributed by atoms with van der Waals surface area (Å²) in [4.78, 5) is 6.38. The van der Waals surface area contributed by atoms with Crippen LogP contribution >= 0.6 is 27.3 Å². The van der Waals surface area contributed by atoms with Gasteiger partial charge in [-0.3, -0.25) is 0 Å². The largest absolute Gasteiger partial charge is 0.241 e. The zero-order valence-electron chi connectivity index (χ0n) is 10.3. The first-order chi connectivity index (χ1) is 8.83. The number of aryl methyl sites for hydroxylation is 2. The number of halogens is 1. The van der Waals surface area contributed by atoms with Crippen molar-refractivity contribution in [1.29, 1.82) is 0 Å². The lowest BCUT2D eigenvalue weighted by molar-refractivity contribution is 0.616. The average molecular weight is 322 g/mol. The van der Waals surface area contributed by atoms with E-state index in [1.165, 1.54) is 59.7 Å². The standard InChI is InChI=1S/C15H16BrNS/c16-12-7-5-6-11(10-12)15-17-13-8-3-1-2-4-9-14(13)18-15/h5-7,10H,1-4,8-9H2. The number of aromatic nitrogens is 1. The van der Waals surface area contributed by atoms with Crippen LogP contribution in [0.25, 0.3) is 10.6 Å². The first-order valence-electron chi connectivity index (χ1n) is 6.57. The number of nitrogens with zero attached hydrogens (tertiary/aromatic N) is 1. The highest BCUT2D eigenvalue weighted by molar-refractivity contribution is 9.10. The molecule has 94 valence electrons. The van der Waals surface area contributed by atoms with Gasteiger partial charge in [0.2, 0.25) is 0 Å². The van der Waals surface area contributed by atoms with Gasteiger partial charge in [-0.25, -0.2) is 4.98 Å². The van der Waals surface area contributed by atoms with Crippen LogP contribution in [-0.4, -0.2) is 4.98 Å². The fraction of sp³-hybridized carbons (Fsp3) is 0.400. The van der Waals surface area contributed by atoms with Crippen molar-refractivity contribution < 1.29 is 0 Å². The molecule has 1 aromatic carbocycles. The number of hydrogen-bond acceptors (Lipinski definition) is 2. The molecule has 0 radical (unpaired) electrons. The Labute approximate surface area is 120 Å². The number of benzene rings is 1. The van der Waals surface area contributed by atoms with Crippen molar-refractivity contribution in [3.05, 3.63) is 39.3 Å². The molecule has 2 aromatic rings. The van der Waals surface area contributed by atoms with Crippen LogP contribution in [0.1, 0.15) is 36.3 Å². The molecule has 18 heavy (non-hydrogen) atoms. The molecule has 0 saturated heterocycles. The lowest BCUT2D eigenvalue weighted by atomic mass is 10.0. The normalized spacial score (nSPS) is 15.8. The Balaban J connectivity index is 1.96. The summed E-state index contributed by atoms with van der Waals surface area (Å²) in [6.07, 6.45) is 7.76. The summed E-state index contributed by atoms with van der Waals surface area (Å²) >= 11 is 5.42. The lowest BCUT2D eigenvalue weighted by Gasteiger charge is -2.06. The number of hydrogen-bond donors (Lipinski definition) is 0. The smallest absolute Gasteiger partial charge is 0.123 e. The van der Waals surface area contributed by atoms with Gasteiger partial charge in [-0.15, -0.1) is 11.3 Å². The molecule has 0 aliphatic heterocycles. The highest BCUT2D eigenvalue weighted by Gasteiger charge is 2.14. The van der Waals surface area contributed by atoms with Gasteiger partial charge in [0.1, 0.15) is 5.01 Å². The highest BCUT2D eigenvalue weighted by Crippen LogP contribution is 2.32. The van der Waals surface area contributed by atoms with Crippen LogP contribution in [0, 0.1) is 0 Å². The molecule has 0 amide bonds. The third-order valence-electron chi connectivity index (χ3n) is 3.42. The second kappa shape index (κ2) is 5.54. The van der Waals surface area contributed by atoms with E-state index in [1.807, 2.05) is 11.3 Å². The quantitative estimate of drug-likeness (QED) is 0.700. The number of rotatable bonds is 1. The van der Waals surface area contributed by atoms with Gasteiger partial charge in [0.05, 0.1) is 5.69 Å². The van der Waals surface area contributed by atoms with E-state index >= 15 is 0 Å². The summed E-state index contributed by atoms with van der Waals surface area (Å²) in [6, 6.07) is 8.45. The molecule has 3 rings (SSSR count). The fourth-order valence-corrected chi connectivity index (χ4v) is 4.00. The minimum Gasteiger partial charge on any atom is -0.241 e. The summed E-state index contributed by atoms with van der Waals surface area (Å²) in [5.74, 6) is 0. The van der Waals surface area contributed by atoms with Crippen molar-refractivity contribution >= 4 is 27.3 Å². The third-order valence-corrected chi connectivity index (χ3v) is 5.12. The predicted octanol–water partition coefficient (Wildman–Crippen LogP) is 5.23. The fourth-order valence-electron chi connectivity index (χ4n) is 2.45. The average Bonchev–Trinajstić information content (AvgIpc) is 2.72. The molecule has 0 fully saturated rings. The number of fused-ring (bicyclic) bond motifs is 1. The zero-order valence-corrected chi connectivity index (χ0v) is 12.7. The van der Waals surface area contributed by atoms with Crippen LogP contribution < -0.4 is 0 Å². The lowest BCUT2D eigenvalue weighted by Crippen LogP contribution is -1.96. The minimum atomic E-state index is 1.13. The molecule has 0 atom stereocenters. The first kappa shape index (κ1) is 12.4. The summed E-state index contributed by atoms with van der Waals surface area (Å²) in [6.45, 7) is 0. The Morgan fingerprint density at radius 1 is 1.06 bits per heavy atom. The molecule has 1 aliphatic rings. The van der Waals surface area contributed by atoms with Gasteiger partial charge in [-0.2, -0.15) is 0 Å². The Kier molecular flexibility index (Phi) is 3.80. The summed E-state index contributed by atoms with van der Waals surface area (Å²) in [5, 5.41) is 1.18. The molecule has 0 N–H and O–H groups in total. The predicted molar refractivity (Wildman–Crippen MR) is 81.1 cm³/mol. The van der Waals surface area contributed by atoms with Crippen molar-refractivity contribution in [2.24, 2.45) is 0 Å². The van der Waals surface area contributed by atoms with Gasteiger partial charge in [-0.05, 0) is 37.8 Å². The highest BCUT2D eigenvalue weighted by atomic mass is 79.9. The van der Waals surface area contributed by atoms with Crippen molar-refractivity contribution in [1.82, 2.24) is 4.98 Å². The van der Waals surface area contributed by atoms with Crippen LogP contribution in [0.2, 0.25) is 0 Å². The first-order valence-corrected chi connectivity index (χ1v) is 8.18. The molecule has 1 nitrogen and oxygen atoms in total. The maximum absolute atomic E-state index is 4.86. The summed E-state index contributed by atoms with van der Waals surface area (Å²) in [5.41, 5.74) is 2.59. The van der Waals surface area contributed by atoms with E-state index in [1.54, 1.807) is 0 Å². The Morgan fingerprint density at radius 2 is 1.89 bits per heavy atom. The topological polar surface area (TPSA) is 12.9 Å². The van der Waals surface area contributed by atoms with E-state index < -0.39 is 0 Å². The van der Waals surface area contributed by atoms with Crippen LogP contribution in [0.15, 0.2) is 28.7 Å². The summed E-state index contributed by atoms with van der Waals surface area (Å²) < 4.78 is 1.13. The Hall–Kier alpha value is -0.670. The molecule has 1 heterocycles. The Bertz CT molecular complexity index is 522. The monoisotopic (exact) mass is 321 g/mol. The van der Waals surface area contributed by atoms with Gasteiger partial charge < -0.3 is 0 Å². The van der Waals surface area contributed by atoms with Crippen molar-refractivity contribution in [3.8, 4) is 10.6 Å². The molecule has 1 aromatic heterocycles. The van der Waals surface area contributed by atoms with Crippen molar-refractivity contribution in [3.63, 3.8) is 0 Å². The van der Waals surface area contributed by atoms with Crippen LogP contribution in [0.4, 0.5) is 0 Å². The second-order valence-corrected chi connectivity index (χ2v) is 6.81. The minimum absolute atomic E-state index is 1.13. The van der Waals surface area contributed by atoms with E-state index in [9.17, 15) is 0 Å². The van der Waals surface area contributed by atoms with E-state index in [2.05, 4.69) is 40.2 Å². The van der Waals surface area contributed by atoms with Gasteiger partial charge in [0.25, 0.3) is 0 Å². The summed E-state index contributed by atoms with van der Waals surface area (Å²) in [7, 11) is 0. The molecule has 0 spiro atoms. The maximum Gasteiger partial charge on any atom is 0.123 e. The molecular weight excluding hydrogens is 306 g/mol. The molecule has 0 bridgehead atoms. The number of thiazole rings is 1. The molecule has 1 aliphatic carbocycles. The van der Waals surface area contributed by atoms with Crippen LogP contribution in [0.3, 0.4) is 0 Å². The maximum atomic E-state index is 4.86. The molecule has 0 saturated carbocycles. The van der Waals surface area contributed by atoms with E-state index in [0.717, 1.165) is 4.47 Å². The van der Waals surface area contributed by atoms with Gasteiger partial charge in [0, 0.05) is 14.9 Å². The van der Waals surface area contributed by atoms with Crippen LogP contribution in [-0.2, 0) is 12.8 Å². The molecule has 0 unspecified atom stereocenters. The van der Waals surface area contributed by atoms with Crippen molar-refractivity contribution in [2.45, 2.75) is 38.5 Å². The van der Waals surface area contributed by atoms with E-state index in [-0.39, 0.29) is 0 Å². The third kappa shape index (κ3) is 2.67. The second-order valence-electron chi connectivity index (χ2n) is 4.81. The van der Waals surface area contributed by atoms with Gasteiger partial charge in [-0.1, -0.05) is 40.9 Å². The molecule has 3 heteroatoms. The zero-order chi connectivity index (χ0) is 12.4. The van der Waals surface area contributed by atoms with E-state index in [4.69, 9.17) is 4.98 Å². The van der Waals surface area contributed by atoms with E-state index in [0.29, 0.717) is 0 Å². The Morgan fingerprint density at radius 3 is 2.72 bits per heavy atom. The SMILES string of the molecule is Brc1cccc(-c2nc3c(s2)CCCCCC3)c1. The molecular formula is C15H16BrNS. The van der Waals surface area contributed by atoms with Gasteiger partial charge in [0.15, 0.2) is 0 Å².